The highest BCUT2D eigenvalue weighted by molar-refractivity contribution is 5.42. The predicted octanol–water partition coefficient (Wildman–Crippen LogP) is 1.48. The molecule has 19 heavy (non-hydrogen) atoms. The van der Waals surface area contributed by atoms with Crippen LogP contribution in [-0.4, -0.2) is 16.9 Å². The molecule has 0 saturated heterocycles. The van der Waals surface area contributed by atoms with Crippen LogP contribution < -0.4 is 10.3 Å². The van der Waals surface area contributed by atoms with Crippen LogP contribution in [0.2, 0.25) is 0 Å². The average Bonchev–Trinajstić information content (AvgIpc) is 2.41. The number of methoxy groups -OCH3 is 1. The first kappa shape index (κ1) is 12.8. The van der Waals surface area contributed by atoms with E-state index < -0.39 is 0 Å². The van der Waals surface area contributed by atoms with E-state index in [-0.39, 0.29) is 12.1 Å². The van der Waals surface area contributed by atoms with Crippen LogP contribution in [0.25, 0.3) is 0 Å². The van der Waals surface area contributed by atoms with Crippen LogP contribution in [0.5, 0.6) is 5.75 Å². The Hall–Kier alpha value is -2.61. The molecule has 0 spiro atoms. The molecule has 0 aliphatic heterocycles. The number of ether oxygens (including phenoxy) is 1. The third kappa shape index (κ3) is 2.80. The molecule has 96 valence electrons. The molecule has 2 rings (SSSR count). The Labute approximate surface area is 110 Å². The molecule has 0 atom stereocenters. The van der Waals surface area contributed by atoms with Gasteiger partial charge in [0.2, 0.25) is 0 Å². The van der Waals surface area contributed by atoms with E-state index in [1.54, 1.807) is 31.5 Å². The van der Waals surface area contributed by atoms with E-state index in [0.717, 1.165) is 11.1 Å². The summed E-state index contributed by atoms with van der Waals surface area (Å²) in [5.74, 6) is 0.633. The molecule has 0 bridgehead atoms. The summed E-state index contributed by atoms with van der Waals surface area (Å²) in [6, 6.07) is 8.68. The quantitative estimate of drug-likeness (QED) is 0.833. The highest BCUT2D eigenvalue weighted by Crippen LogP contribution is 2.20. The zero-order valence-corrected chi connectivity index (χ0v) is 10.8. The molecule has 0 saturated carbocycles. The van der Waals surface area contributed by atoms with E-state index in [4.69, 9.17) is 10.00 Å². The summed E-state index contributed by atoms with van der Waals surface area (Å²) in [7, 11) is 1.55. The van der Waals surface area contributed by atoms with Crippen LogP contribution in [0.1, 0.15) is 16.7 Å². The summed E-state index contributed by atoms with van der Waals surface area (Å²) in [6.07, 6.45) is 1.63. The maximum absolute atomic E-state index is 11.8. The minimum atomic E-state index is -0.176. The fourth-order valence-corrected chi connectivity index (χ4v) is 1.78. The molecule has 1 aromatic heterocycles. The molecule has 0 N–H and O–H groups in total. The number of hydrogen-bond donors (Lipinski definition) is 0. The summed E-state index contributed by atoms with van der Waals surface area (Å²) in [6.45, 7) is 2.09. The van der Waals surface area contributed by atoms with Gasteiger partial charge in [0.15, 0.2) is 0 Å². The van der Waals surface area contributed by atoms with E-state index >= 15 is 0 Å². The first-order chi connectivity index (χ1) is 9.13. The first-order valence-corrected chi connectivity index (χ1v) is 5.75. The molecule has 0 amide bonds. The van der Waals surface area contributed by atoms with Gasteiger partial charge in [0, 0.05) is 11.6 Å². The van der Waals surface area contributed by atoms with Crippen molar-refractivity contribution in [3.8, 4) is 11.8 Å². The maximum atomic E-state index is 11.8. The van der Waals surface area contributed by atoms with E-state index in [1.807, 2.05) is 6.92 Å². The lowest BCUT2D eigenvalue weighted by Crippen LogP contribution is -2.23. The molecule has 0 unspecified atom stereocenters. The second-order valence-corrected chi connectivity index (χ2v) is 4.17. The van der Waals surface area contributed by atoms with Crippen LogP contribution >= 0.6 is 0 Å². The van der Waals surface area contributed by atoms with Gasteiger partial charge in [-0.2, -0.15) is 10.4 Å². The lowest BCUT2D eigenvalue weighted by atomic mass is 10.1. The van der Waals surface area contributed by atoms with Gasteiger partial charge >= 0.3 is 0 Å². The van der Waals surface area contributed by atoms with Crippen LogP contribution in [0, 0.1) is 18.3 Å². The van der Waals surface area contributed by atoms with E-state index in [2.05, 4.69) is 11.2 Å². The molecule has 2 aromatic rings. The van der Waals surface area contributed by atoms with E-state index in [0.29, 0.717) is 11.3 Å². The second kappa shape index (κ2) is 5.36. The number of nitrogens with zero attached hydrogens (tertiary/aromatic N) is 3. The van der Waals surface area contributed by atoms with Crippen molar-refractivity contribution in [1.29, 1.82) is 5.26 Å². The van der Waals surface area contributed by atoms with Crippen LogP contribution in [-0.2, 0) is 6.54 Å². The SMILES string of the molecule is COc1ccc(C#N)cc1Cn1ncc(C)cc1=O. The number of aryl methyl sites for hydroxylation is 1. The molecular weight excluding hydrogens is 242 g/mol. The minimum Gasteiger partial charge on any atom is -0.496 e. The van der Waals surface area contributed by atoms with Crippen molar-refractivity contribution in [1.82, 2.24) is 9.78 Å². The zero-order valence-electron chi connectivity index (χ0n) is 10.8. The molecule has 0 aliphatic carbocycles. The highest BCUT2D eigenvalue weighted by atomic mass is 16.5. The van der Waals surface area contributed by atoms with Gasteiger partial charge < -0.3 is 4.74 Å². The summed E-state index contributed by atoms with van der Waals surface area (Å²) in [4.78, 5) is 11.8. The third-order valence-corrected chi connectivity index (χ3v) is 2.74. The Kier molecular flexibility index (Phi) is 3.62. The Balaban J connectivity index is 2.42. The molecule has 1 heterocycles. The molecule has 0 fully saturated rings. The molecule has 5 heteroatoms. The lowest BCUT2D eigenvalue weighted by Gasteiger charge is -2.10. The van der Waals surface area contributed by atoms with Crippen molar-refractivity contribution in [3.05, 3.63) is 57.5 Å². The van der Waals surface area contributed by atoms with Gasteiger partial charge in [-0.25, -0.2) is 4.68 Å². The smallest absolute Gasteiger partial charge is 0.267 e. The Morgan fingerprint density at radius 3 is 2.84 bits per heavy atom. The van der Waals surface area contributed by atoms with Crippen LogP contribution in [0.3, 0.4) is 0 Å². The van der Waals surface area contributed by atoms with Gasteiger partial charge in [-0.3, -0.25) is 4.79 Å². The fourth-order valence-electron chi connectivity index (χ4n) is 1.78. The number of rotatable bonds is 3. The van der Waals surface area contributed by atoms with Crippen molar-refractivity contribution in [3.63, 3.8) is 0 Å². The normalized spacial score (nSPS) is 9.95. The Morgan fingerprint density at radius 2 is 2.21 bits per heavy atom. The van der Waals surface area contributed by atoms with Crippen LogP contribution in [0.4, 0.5) is 0 Å². The molecule has 1 aromatic carbocycles. The van der Waals surface area contributed by atoms with E-state index in [9.17, 15) is 4.79 Å². The van der Waals surface area contributed by atoms with Gasteiger partial charge in [0.05, 0.1) is 31.5 Å². The maximum Gasteiger partial charge on any atom is 0.267 e. The Morgan fingerprint density at radius 1 is 1.42 bits per heavy atom. The molecule has 5 nitrogen and oxygen atoms in total. The van der Waals surface area contributed by atoms with Gasteiger partial charge in [-0.15, -0.1) is 0 Å². The zero-order chi connectivity index (χ0) is 13.8. The second-order valence-electron chi connectivity index (χ2n) is 4.17. The number of aromatic nitrogens is 2. The van der Waals surface area contributed by atoms with E-state index in [1.165, 1.54) is 10.7 Å². The molecule has 0 aliphatic rings. The van der Waals surface area contributed by atoms with Gasteiger partial charge in [-0.1, -0.05) is 0 Å². The third-order valence-electron chi connectivity index (χ3n) is 2.74. The predicted molar refractivity (Wildman–Crippen MR) is 70.0 cm³/mol. The molecule has 0 radical (unpaired) electrons. The number of nitriles is 1. The number of benzene rings is 1. The molecular formula is C14H13N3O2. The van der Waals surface area contributed by atoms with Gasteiger partial charge in [0.1, 0.15) is 5.75 Å². The fraction of sp³-hybridized carbons (Fsp3) is 0.214. The lowest BCUT2D eigenvalue weighted by molar-refractivity contribution is 0.406. The summed E-state index contributed by atoms with van der Waals surface area (Å²) in [5.41, 5.74) is 1.92. The highest BCUT2D eigenvalue weighted by Gasteiger charge is 2.07. The van der Waals surface area contributed by atoms with Gasteiger partial charge in [0.25, 0.3) is 5.56 Å². The summed E-state index contributed by atoms with van der Waals surface area (Å²) < 4.78 is 6.57. The first-order valence-electron chi connectivity index (χ1n) is 5.75. The standard InChI is InChI=1S/C14H13N3O2/c1-10-5-14(18)17(16-8-10)9-12-6-11(7-15)3-4-13(12)19-2/h3-6,8H,9H2,1-2H3. The van der Waals surface area contributed by atoms with Crippen molar-refractivity contribution < 1.29 is 4.74 Å². The van der Waals surface area contributed by atoms with Gasteiger partial charge in [-0.05, 0) is 30.7 Å². The van der Waals surface area contributed by atoms with Crippen LogP contribution in [0.15, 0.2) is 35.3 Å². The monoisotopic (exact) mass is 255 g/mol. The topological polar surface area (TPSA) is 67.9 Å². The largest absolute Gasteiger partial charge is 0.496 e. The number of hydrogen-bond acceptors (Lipinski definition) is 4. The average molecular weight is 255 g/mol. The van der Waals surface area contributed by atoms with Crippen molar-refractivity contribution in [2.75, 3.05) is 7.11 Å². The summed E-state index contributed by atoms with van der Waals surface area (Å²) in [5, 5.41) is 13.0. The summed E-state index contributed by atoms with van der Waals surface area (Å²) >= 11 is 0. The van der Waals surface area contributed by atoms with Crippen molar-refractivity contribution >= 4 is 0 Å². The van der Waals surface area contributed by atoms with Crippen molar-refractivity contribution in [2.24, 2.45) is 0 Å². The Bertz CT molecular complexity index is 699. The minimum absolute atomic E-state index is 0.176. The van der Waals surface area contributed by atoms with Crippen molar-refractivity contribution in [2.45, 2.75) is 13.5 Å².